The molecule has 1 unspecified atom stereocenters. The molecule has 0 aromatic heterocycles. The Balaban J connectivity index is 1.36. The second kappa shape index (κ2) is 9.37. The molecule has 2 heterocycles. The van der Waals surface area contributed by atoms with E-state index in [1.54, 1.807) is 24.3 Å². The normalized spacial score (nSPS) is 17.7. The number of carbonyl (C=O) groups is 3. The molecule has 2 aliphatic rings. The maximum absolute atomic E-state index is 12.6. The summed E-state index contributed by atoms with van der Waals surface area (Å²) in [6.45, 7) is 1.73. The van der Waals surface area contributed by atoms with E-state index in [1.165, 1.54) is 4.90 Å². The first-order chi connectivity index (χ1) is 15.5. The van der Waals surface area contributed by atoms with Gasteiger partial charge in [-0.2, -0.15) is 0 Å². The van der Waals surface area contributed by atoms with E-state index in [9.17, 15) is 14.4 Å². The molecule has 0 spiro atoms. The molecule has 4 rings (SSSR count). The zero-order valence-electron chi connectivity index (χ0n) is 17.8. The second-order valence-electron chi connectivity index (χ2n) is 7.66. The molecule has 3 amide bonds. The lowest BCUT2D eigenvalue weighted by Crippen LogP contribution is -2.38. The van der Waals surface area contributed by atoms with Gasteiger partial charge in [0.25, 0.3) is 11.8 Å². The summed E-state index contributed by atoms with van der Waals surface area (Å²) >= 11 is 0. The first-order valence-corrected chi connectivity index (χ1v) is 10.4. The van der Waals surface area contributed by atoms with E-state index in [-0.39, 0.29) is 31.5 Å². The number of rotatable bonds is 9. The van der Waals surface area contributed by atoms with Crippen molar-refractivity contribution in [3.63, 3.8) is 0 Å². The predicted molar refractivity (Wildman–Crippen MR) is 117 cm³/mol. The highest BCUT2D eigenvalue weighted by atomic mass is 16.6. The van der Waals surface area contributed by atoms with E-state index in [0.29, 0.717) is 36.6 Å². The lowest BCUT2D eigenvalue weighted by Gasteiger charge is -2.21. The fourth-order valence-electron chi connectivity index (χ4n) is 3.82. The number of ether oxygens (including phenoxy) is 2. The van der Waals surface area contributed by atoms with E-state index < -0.39 is 12.2 Å². The topological polar surface area (TPSA) is 99.6 Å². The smallest absolute Gasteiger partial charge is 0.414 e. The minimum Gasteiger partial charge on any atom is -0.442 e. The highest BCUT2D eigenvalue weighted by molar-refractivity contribution is 6.21. The number of benzene rings is 2. The van der Waals surface area contributed by atoms with E-state index in [1.807, 2.05) is 36.2 Å². The zero-order valence-corrected chi connectivity index (χ0v) is 17.8. The number of nitrogens with zero attached hydrogens (tertiary/aromatic N) is 3. The number of amides is 3. The van der Waals surface area contributed by atoms with Gasteiger partial charge in [0.05, 0.1) is 44.0 Å². The number of fused-ring (bicyclic) bond motifs is 1. The third-order valence-electron chi connectivity index (χ3n) is 5.55. The van der Waals surface area contributed by atoms with Crippen LogP contribution in [-0.2, 0) is 9.47 Å². The molecule has 1 atom stereocenters. The Morgan fingerprint density at radius 2 is 1.69 bits per heavy atom. The van der Waals surface area contributed by atoms with E-state index >= 15 is 0 Å². The molecular formula is C23H25N3O6. The van der Waals surface area contributed by atoms with Crippen molar-refractivity contribution in [2.75, 3.05) is 56.3 Å². The second-order valence-corrected chi connectivity index (χ2v) is 7.66. The van der Waals surface area contributed by atoms with Crippen LogP contribution < -0.4 is 9.80 Å². The van der Waals surface area contributed by atoms with Crippen molar-refractivity contribution in [2.45, 2.75) is 6.10 Å². The van der Waals surface area contributed by atoms with Gasteiger partial charge in [-0.3, -0.25) is 19.4 Å². The Kier molecular flexibility index (Phi) is 6.38. The Hall–Kier alpha value is -3.43. The third kappa shape index (κ3) is 4.30. The van der Waals surface area contributed by atoms with Gasteiger partial charge >= 0.3 is 6.09 Å². The van der Waals surface area contributed by atoms with Gasteiger partial charge in [0.2, 0.25) is 0 Å². The molecule has 9 nitrogen and oxygen atoms in total. The largest absolute Gasteiger partial charge is 0.442 e. The fraction of sp³-hybridized carbons (Fsp3) is 0.348. The van der Waals surface area contributed by atoms with Crippen molar-refractivity contribution >= 4 is 29.3 Å². The van der Waals surface area contributed by atoms with Crippen LogP contribution in [0.25, 0.3) is 0 Å². The molecule has 0 aliphatic carbocycles. The monoisotopic (exact) mass is 439 g/mol. The number of aliphatic hydroxyl groups is 1. The van der Waals surface area contributed by atoms with Gasteiger partial charge in [0.1, 0.15) is 6.10 Å². The molecule has 1 saturated heterocycles. The predicted octanol–water partition coefficient (Wildman–Crippen LogP) is 1.75. The lowest BCUT2D eigenvalue weighted by molar-refractivity contribution is 0.0558. The van der Waals surface area contributed by atoms with E-state index in [2.05, 4.69) is 0 Å². The third-order valence-corrected chi connectivity index (χ3v) is 5.55. The molecule has 0 radical (unpaired) electrons. The van der Waals surface area contributed by atoms with Crippen LogP contribution in [0.4, 0.5) is 16.2 Å². The molecule has 2 aromatic carbocycles. The Labute approximate surface area is 185 Å². The van der Waals surface area contributed by atoms with Gasteiger partial charge in [-0.05, 0) is 36.4 Å². The number of hydrogen-bond acceptors (Lipinski definition) is 7. The summed E-state index contributed by atoms with van der Waals surface area (Å²) in [7, 11) is 1.93. The van der Waals surface area contributed by atoms with Crippen LogP contribution in [0.1, 0.15) is 20.7 Å². The summed E-state index contributed by atoms with van der Waals surface area (Å²) < 4.78 is 10.7. The Bertz CT molecular complexity index is 974. The van der Waals surface area contributed by atoms with Crippen molar-refractivity contribution in [2.24, 2.45) is 0 Å². The molecule has 1 fully saturated rings. The Morgan fingerprint density at radius 3 is 2.31 bits per heavy atom. The van der Waals surface area contributed by atoms with Crippen LogP contribution in [0.5, 0.6) is 0 Å². The molecule has 32 heavy (non-hydrogen) atoms. The van der Waals surface area contributed by atoms with Crippen molar-refractivity contribution < 1.29 is 29.0 Å². The number of hydrogen-bond donors (Lipinski definition) is 1. The highest BCUT2D eigenvalue weighted by Crippen LogP contribution is 2.27. The molecule has 0 bridgehead atoms. The van der Waals surface area contributed by atoms with Crippen LogP contribution in [0, 0.1) is 0 Å². The number of carbonyl (C=O) groups excluding carboxylic acids is 3. The molecule has 1 N–H and O–H groups in total. The van der Waals surface area contributed by atoms with Gasteiger partial charge in [0, 0.05) is 25.0 Å². The van der Waals surface area contributed by atoms with Crippen LogP contribution >= 0.6 is 0 Å². The van der Waals surface area contributed by atoms with E-state index in [0.717, 1.165) is 10.6 Å². The standard InChI is InChI=1S/C23H25N3O6/c1-24(10-12-31-13-11-27)16-6-8-17(9-7-16)25-14-18(32-23(25)30)15-26-21(28)19-4-2-3-5-20(19)22(26)29/h2-9,18,27H,10-15H2,1H3. The van der Waals surface area contributed by atoms with Crippen LogP contribution in [0.2, 0.25) is 0 Å². The number of likely N-dealkylation sites (N-methyl/N-ethyl adjacent to an activating group) is 1. The summed E-state index contributed by atoms with van der Waals surface area (Å²) in [5, 5.41) is 8.75. The quantitative estimate of drug-likeness (QED) is 0.469. The van der Waals surface area contributed by atoms with Crippen molar-refractivity contribution in [3.05, 3.63) is 59.7 Å². The number of cyclic esters (lactones) is 1. The number of aliphatic hydroxyl groups excluding tert-OH is 1. The van der Waals surface area contributed by atoms with Crippen LogP contribution in [0.3, 0.4) is 0 Å². The fourth-order valence-corrected chi connectivity index (χ4v) is 3.82. The molecule has 2 aliphatic heterocycles. The van der Waals surface area contributed by atoms with Gasteiger partial charge in [0.15, 0.2) is 0 Å². The number of anilines is 2. The first kappa shape index (κ1) is 21.8. The van der Waals surface area contributed by atoms with Crippen molar-refractivity contribution in [1.82, 2.24) is 4.90 Å². The average Bonchev–Trinajstić information content (AvgIpc) is 3.29. The maximum atomic E-state index is 12.6. The zero-order chi connectivity index (χ0) is 22.7. The first-order valence-electron chi connectivity index (χ1n) is 10.4. The minimum atomic E-state index is -0.601. The van der Waals surface area contributed by atoms with Gasteiger partial charge < -0.3 is 19.5 Å². The molecule has 2 aromatic rings. The number of imide groups is 1. The van der Waals surface area contributed by atoms with Crippen LogP contribution in [0.15, 0.2) is 48.5 Å². The highest BCUT2D eigenvalue weighted by Gasteiger charge is 2.40. The summed E-state index contributed by atoms with van der Waals surface area (Å²) in [6, 6.07) is 14.1. The van der Waals surface area contributed by atoms with E-state index in [4.69, 9.17) is 14.6 Å². The summed E-state index contributed by atoms with van der Waals surface area (Å²) in [5.41, 5.74) is 2.38. The molecular weight excluding hydrogens is 414 g/mol. The summed E-state index contributed by atoms with van der Waals surface area (Å²) in [4.78, 5) is 42.2. The summed E-state index contributed by atoms with van der Waals surface area (Å²) in [6.07, 6.45) is -1.11. The molecule has 9 heteroatoms. The van der Waals surface area contributed by atoms with Crippen molar-refractivity contribution in [1.29, 1.82) is 0 Å². The summed E-state index contributed by atoms with van der Waals surface area (Å²) in [5.74, 6) is -0.731. The minimum absolute atomic E-state index is 0.00163. The van der Waals surface area contributed by atoms with Crippen LogP contribution in [-0.4, -0.2) is 80.5 Å². The Morgan fingerprint density at radius 1 is 1.03 bits per heavy atom. The maximum Gasteiger partial charge on any atom is 0.414 e. The van der Waals surface area contributed by atoms with Gasteiger partial charge in [-0.15, -0.1) is 0 Å². The average molecular weight is 439 g/mol. The van der Waals surface area contributed by atoms with Gasteiger partial charge in [-0.1, -0.05) is 12.1 Å². The van der Waals surface area contributed by atoms with Gasteiger partial charge in [-0.25, -0.2) is 4.79 Å². The lowest BCUT2D eigenvalue weighted by atomic mass is 10.1. The molecule has 0 saturated carbocycles. The molecule has 168 valence electrons. The SMILES string of the molecule is CN(CCOCCO)c1ccc(N2CC(CN3C(=O)c4ccccc4C3=O)OC2=O)cc1. The van der Waals surface area contributed by atoms with Crippen molar-refractivity contribution in [3.8, 4) is 0 Å².